The highest BCUT2D eigenvalue weighted by atomic mass is 32.1. The number of thiazole rings is 1. The van der Waals surface area contributed by atoms with Crippen molar-refractivity contribution in [2.75, 3.05) is 4.90 Å². The Morgan fingerprint density at radius 2 is 2.00 bits per heavy atom. The average Bonchev–Trinajstić information content (AvgIpc) is 3.49. The molecule has 0 N–H and O–H groups in total. The van der Waals surface area contributed by atoms with E-state index in [1.54, 1.807) is 17.2 Å². The molecule has 0 aliphatic heterocycles. The van der Waals surface area contributed by atoms with E-state index < -0.39 is 0 Å². The maximum absolute atomic E-state index is 13.4. The second kappa shape index (κ2) is 7.22. The summed E-state index contributed by atoms with van der Waals surface area (Å²) in [6.45, 7) is 2.39. The van der Waals surface area contributed by atoms with E-state index in [1.807, 2.05) is 48.5 Å². The smallest absolute Gasteiger partial charge is 0.296 e. The van der Waals surface area contributed by atoms with Gasteiger partial charge in [-0.05, 0) is 42.3 Å². The van der Waals surface area contributed by atoms with Gasteiger partial charge in [-0.1, -0.05) is 48.6 Å². The van der Waals surface area contributed by atoms with Crippen LogP contribution in [0.15, 0.2) is 75.8 Å². The van der Waals surface area contributed by atoms with Gasteiger partial charge in [-0.2, -0.15) is 0 Å². The highest BCUT2D eigenvalue weighted by molar-refractivity contribution is 7.22. The number of carbonyl (C=O) groups is 1. The van der Waals surface area contributed by atoms with Crippen molar-refractivity contribution in [1.82, 2.24) is 4.98 Å². The van der Waals surface area contributed by atoms with Crippen LogP contribution in [0.1, 0.15) is 28.8 Å². The van der Waals surface area contributed by atoms with Gasteiger partial charge >= 0.3 is 0 Å². The summed E-state index contributed by atoms with van der Waals surface area (Å²) in [5.41, 5.74) is 2.79. The molecule has 3 aromatic heterocycles. The van der Waals surface area contributed by atoms with Gasteiger partial charge < -0.3 is 8.83 Å². The highest BCUT2D eigenvalue weighted by Crippen LogP contribution is 2.33. The Labute approximate surface area is 171 Å². The largest absolute Gasteiger partial charge is 0.467 e. The van der Waals surface area contributed by atoms with Gasteiger partial charge in [0.05, 0.1) is 23.0 Å². The number of nitrogens with zero attached hydrogens (tertiary/aromatic N) is 2. The number of aromatic nitrogens is 1. The van der Waals surface area contributed by atoms with E-state index in [2.05, 4.69) is 13.0 Å². The number of benzene rings is 2. The van der Waals surface area contributed by atoms with Gasteiger partial charge in [0.15, 0.2) is 10.9 Å². The van der Waals surface area contributed by atoms with E-state index in [-0.39, 0.29) is 18.2 Å². The van der Waals surface area contributed by atoms with Gasteiger partial charge in [0.2, 0.25) is 0 Å². The van der Waals surface area contributed by atoms with Gasteiger partial charge in [0.25, 0.3) is 5.91 Å². The minimum absolute atomic E-state index is 0.241. The lowest BCUT2D eigenvalue weighted by Gasteiger charge is -2.17. The average molecular weight is 402 g/mol. The summed E-state index contributed by atoms with van der Waals surface area (Å²) in [6, 6.07) is 19.2. The molecule has 6 heteroatoms. The SMILES string of the molecule is CCc1cccc2sc(N(Cc3ccco3)C(=O)c3cc4ccccc4o3)nc12. The van der Waals surface area contributed by atoms with E-state index in [4.69, 9.17) is 13.8 Å². The Kier molecular flexibility index (Phi) is 4.41. The Morgan fingerprint density at radius 3 is 2.79 bits per heavy atom. The lowest BCUT2D eigenvalue weighted by atomic mass is 10.1. The van der Waals surface area contributed by atoms with Gasteiger partial charge in [0.1, 0.15) is 11.3 Å². The maximum Gasteiger partial charge on any atom is 0.296 e. The Morgan fingerprint density at radius 1 is 1.10 bits per heavy atom. The molecule has 0 aliphatic carbocycles. The molecule has 3 heterocycles. The Bertz CT molecular complexity index is 1270. The number of rotatable bonds is 5. The van der Waals surface area contributed by atoms with E-state index >= 15 is 0 Å². The standard InChI is InChI=1S/C23H18N2O3S/c1-2-15-8-5-11-20-21(15)24-23(29-20)25(14-17-9-6-12-27-17)22(26)19-13-16-7-3-4-10-18(16)28-19/h3-13H,2,14H2,1H3. The molecule has 0 spiro atoms. The van der Waals surface area contributed by atoms with Crippen molar-refractivity contribution in [2.45, 2.75) is 19.9 Å². The first-order valence-electron chi connectivity index (χ1n) is 9.44. The first kappa shape index (κ1) is 17.7. The van der Waals surface area contributed by atoms with E-state index in [1.165, 1.54) is 16.9 Å². The molecular formula is C23H18N2O3S. The monoisotopic (exact) mass is 402 g/mol. The molecule has 1 amide bonds. The number of aryl methyl sites for hydroxylation is 1. The summed E-state index contributed by atoms with van der Waals surface area (Å²) < 4.78 is 12.4. The predicted octanol–water partition coefficient (Wildman–Crippen LogP) is 6.04. The fraction of sp³-hybridized carbons (Fsp3) is 0.130. The quantitative estimate of drug-likeness (QED) is 0.359. The molecule has 0 bridgehead atoms. The summed E-state index contributed by atoms with van der Waals surface area (Å²) in [7, 11) is 0. The van der Waals surface area contributed by atoms with Crippen LogP contribution in [0.25, 0.3) is 21.2 Å². The van der Waals surface area contributed by atoms with Gasteiger partial charge in [-0.15, -0.1) is 0 Å². The van der Waals surface area contributed by atoms with Crippen LogP contribution in [0.4, 0.5) is 5.13 Å². The van der Waals surface area contributed by atoms with Crippen molar-refractivity contribution in [3.05, 3.63) is 84.0 Å². The van der Waals surface area contributed by atoms with E-state index in [9.17, 15) is 4.79 Å². The van der Waals surface area contributed by atoms with Crippen LogP contribution < -0.4 is 4.90 Å². The third-order valence-electron chi connectivity index (χ3n) is 4.88. The van der Waals surface area contributed by atoms with Crippen molar-refractivity contribution in [3.63, 3.8) is 0 Å². The topological polar surface area (TPSA) is 59.5 Å². The fourth-order valence-electron chi connectivity index (χ4n) is 3.40. The van der Waals surface area contributed by atoms with Crippen LogP contribution in [0.3, 0.4) is 0 Å². The minimum atomic E-state index is -0.241. The number of hydrogen-bond acceptors (Lipinski definition) is 5. The normalized spacial score (nSPS) is 11.3. The van der Waals surface area contributed by atoms with Crippen molar-refractivity contribution in [2.24, 2.45) is 0 Å². The molecule has 5 rings (SSSR count). The van der Waals surface area contributed by atoms with Crippen LogP contribution >= 0.6 is 11.3 Å². The number of para-hydroxylation sites is 2. The summed E-state index contributed by atoms with van der Waals surface area (Å²) >= 11 is 1.50. The number of furan rings is 2. The molecule has 29 heavy (non-hydrogen) atoms. The van der Waals surface area contributed by atoms with Crippen LogP contribution in [0, 0.1) is 0 Å². The van der Waals surface area contributed by atoms with E-state index in [0.29, 0.717) is 16.5 Å². The minimum Gasteiger partial charge on any atom is -0.467 e. The zero-order valence-corrected chi connectivity index (χ0v) is 16.6. The van der Waals surface area contributed by atoms with E-state index in [0.717, 1.165) is 22.0 Å². The zero-order chi connectivity index (χ0) is 19.8. The number of carbonyl (C=O) groups excluding carboxylic acids is 1. The molecule has 0 radical (unpaired) electrons. The predicted molar refractivity (Wildman–Crippen MR) is 114 cm³/mol. The molecule has 0 unspecified atom stereocenters. The second-order valence-corrected chi connectivity index (χ2v) is 7.74. The molecule has 0 saturated carbocycles. The highest BCUT2D eigenvalue weighted by Gasteiger charge is 2.26. The maximum atomic E-state index is 13.4. The molecule has 0 atom stereocenters. The molecule has 5 nitrogen and oxygen atoms in total. The molecule has 2 aromatic carbocycles. The van der Waals surface area contributed by atoms with Crippen molar-refractivity contribution in [1.29, 1.82) is 0 Å². The number of hydrogen-bond donors (Lipinski definition) is 0. The summed E-state index contributed by atoms with van der Waals surface area (Å²) in [5.74, 6) is 0.729. The van der Waals surface area contributed by atoms with Gasteiger partial charge in [0, 0.05) is 5.39 Å². The van der Waals surface area contributed by atoms with Crippen molar-refractivity contribution < 1.29 is 13.6 Å². The second-order valence-electron chi connectivity index (χ2n) is 6.73. The molecule has 0 aliphatic rings. The summed E-state index contributed by atoms with van der Waals surface area (Å²) in [5, 5.41) is 1.52. The lowest BCUT2D eigenvalue weighted by Crippen LogP contribution is -2.29. The molecule has 0 fully saturated rings. The van der Waals surface area contributed by atoms with Crippen LogP contribution in [0.2, 0.25) is 0 Å². The number of anilines is 1. The number of amides is 1. The third-order valence-corrected chi connectivity index (χ3v) is 5.92. The van der Waals surface area contributed by atoms with Crippen molar-refractivity contribution >= 4 is 43.6 Å². The lowest BCUT2D eigenvalue weighted by molar-refractivity contribution is 0.0958. The zero-order valence-electron chi connectivity index (χ0n) is 15.8. The Balaban J connectivity index is 1.60. The first-order valence-corrected chi connectivity index (χ1v) is 10.3. The summed E-state index contributed by atoms with van der Waals surface area (Å²) in [4.78, 5) is 19.9. The van der Waals surface area contributed by atoms with Crippen molar-refractivity contribution in [3.8, 4) is 0 Å². The third kappa shape index (κ3) is 3.21. The van der Waals surface area contributed by atoms with Gasteiger partial charge in [-0.3, -0.25) is 9.69 Å². The van der Waals surface area contributed by atoms with Crippen LogP contribution in [0.5, 0.6) is 0 Å². The molecular weight excluding hydrogens is 384 g/mol. The molecule has 144 valence electrons. The fourth-order valence-corrected chi connectivity index (χ4v) is 4.41. The first-order chi connectivity index (χ1) is 14.2. The summed E-state index contributed by atoms with van der Waals surface area (Å²) in [6.07, 6.45) is 2.49. The number of fused-ring (bicyclic) bond motifs is 2. The van der Waals surface area contributed by atoms with Gasteiger partial charge in [-0.25, -0.2) is 4.98 Å². The molecule has 0 saturated heterocycles. The van der Waals surface area contributed by atoms with Crippen LogP contribution in [-0.2, 0) is 13.0 Å². The molecule has 5 aromatic rings. The van der Waals surface area contributed by atoms with Crippen LogP contribution in [-0.4, -0.2) is 10.9 Å². The Hall–Kier alpha value is -3.38.